The Morgan fingerprint density at radius 3 is 2.46 bits per heavy atom. The average molecular weight is 375 g/mol. The Balaban J connectivity index is 1.53. The molecule has 5 rings (SSSR count). The molecule has 1 aromatic carbocycles. The van der Waals surface area contributed by atoms with E-state index in [1.54, 1.807) is 0 Å². The van der Waals surface area contributed by atoms with Crippen LogP contribution in [0.4, 0.5) is 0 Å². The van der Waals surface area contributed by atoms with Gasteiger partial charge < -0.3 is 9.31 Å². The van der Waals surface area contributed by atoms with Crippen molar-refractivity contribution in [2.45, 2.75) is 64.1 Å². The van der Waals surface area contributed by atoms with Crippen molar-refractivity contribution in [3.05, 3.63) is 48.3 Å². The van der Waals surface area contributed by atoms with Crippen molar-refractivity contribution < 1.29 is 9.31 Å². The van der Waals surface area contributed by atoms with Gasteiger partial charge in [-0.05, 0) is 64.2 Å². The van der Waals surface area contributed by atoms with Crippen LogP contribution in [0, 0.1) is 0 Å². The summed E-state index contributed by atoms with van der Waals surface area (Å²) in [5.41, 5.74) is 2.49. The number of rotatable bonds is 3. The van der Waals surface area contributed by atoms with E-state index in [-0.39, 0.29) is 18.3 Å². The number of aromatic nitrogens is 3. The van der Waals surface area contributed by atoms with Crippen LogP contribution in [-0.4, -0.2) is 33.1 Å². The molecule has 2 aromatic heterocycles. The second kappa shape index (κ2) is 6.16. The summed E-state index contributed by atoms with van der Waals surface area (Å²) in [5, 5.41) is 5.69. The molecule has 1 saturated heterocycles. The van der Waals surface area contributed by atoms with E-state index < -0.39 is 0 Å². The fraction of sp³-hybridized carbons (Fsp3) is 0.455. The molecule has 0 unspecified atom stereocenters. The molecule has 6 heteroatoms. The van der Waals surface area contributed by atoms with Crippen LogP contribution in [0.2, 0.25) is 0 Å². The highest BCUT2D eigenvalue weighted by Crippen LogP contribution is 2.37. The van der Waals surface area contributed by atoms with Gasteiger partial charge in [0.05, 0.1) is 22.9 Å². The maximum absolute atomic E-state index is 6.23. The van der Waals surface area contributed by atoms with Crippen molar-refractivity contribution in [2.75, 3.05) is 0 Å². The van der Waals surface area contributed by atoms with Crippen LogP contribution < -0.4 is 5.46 Å². The molecule has 2 aliphatic rings. The molecule has 0 N–H and O–H groups in total. The Hall–Kier alpha value is -2.18. The number of benzene rings is 1. The third-order valence-electron chi connectivity index (χ3n) is 6.62. The van der Waals surface area contributed by atoms with Gasteiger partial charge in [-0.25, -0.2) is 9.67 Å². The summed E-state index contributed by atoms with van der Waals surface area (Å²) >= 11 is 0. The summed E-state index contributed by atoms with van der Waals surface area (Å²) in [5.74, 6) is 1.47. The normalized spacial score (nSPS) is 21.2. The Labute approximate surface area is 166 Å². The molecule has 0 amide bonds. The van der Waals surface area contributed by atoms with Gasteiger partial charge in [0.2, 0.25) is 0 Å². The lowest BCUT2D eigenvalue weighted by Crippen LogP contribution is -2.41. The van der Waals surface area contributed by atoms with Crippen LogP contribution in [0.1, 0.15) is 58.6 Å². The molecule has 5 nitrogen and oxygen atoms in total. The minimum absolute atomic E-state index is 0.356. The first kappa shape index (κ1) is 17.9. The van der Waals surface area contributed by atoms with Gasteiger partial charge in [-0.15, -0.1) is 0 Å². The summed E-state index contributed by atoms with van der Waals surface area (Å²) in [7, 11) is -0.382. The molecule has 3 aromatic rings. The summed E-state index contributed by atoms with van der Waals surface area (Å²) in [6.07, 6.45) is 5.67. The van der Waals surface area contributed by atoms with Crippen molar-refractivity contribution in [2.24, 2.45) is 0 Å². The van der Waals surface area contributed by atoms with Gasteiger partial charge in [-0.1, -0.05) is 24.6 Å². The highest BCUT2D eigenvalue weighted by atomic mass is 16.7. The monoisotopic (exact) mass is 375 g/mol. The van der Waals surface area contributed by atoms with Gasteiger partial charge in [0.25, 0.3) is 0 Å². The minimum atomic E-state index is -0.382. The smallest absolute Gasteiger partial charge is 0.399 e. The maximum Gasteiger partial charge on any atom is 0.494 e. The molecule has 3 heterocycles. The lowest BCUT2D eigenvalue weighted by atomic mass is 9.79. The molecular formula is C22H26BN3O2. The first-order valence-electron chi connectivity index (χ1n) is 10.1. The minimum Gasteiger partial charge on any atom is -0.399 e. The average Bonchev–Trinajstić information content (AvgIpc) is 3.11. The molecule has 0 spiro atoms. The molecule has 144 valence electrons. The van der Waals surface area contributed by atoms with Crippen LogP contribution in [0.15, 0.2) is 42.6 Å². The van der Waals surface area contributed by atoms with Crippen molar-refractivity contribution in [1.29, 1.82) is 0 Å². The number of pyridine rings is 1. The van der Waals surface area contributed by atoms with E-state index in [1.165, 1.54) is 25.0 Å². The van der Waals surface area contributed by atoms with Gasteiger partial charge >= 0.3 is 7.12 Å². The van der Waals surface area contributed by atoms with E-state index >= 15 is 0 Å². The van der Waals surface area contributed by atoms with Gasteiger partial charge in [0.15, 0.2) is 5.82 Å². The Bertz CT molecular complexity index is 1020. The summed E-state index contributed by atoms with van der Waals surface area (Å²) < 4.78 is 14.4. The fourth-order valence-corrected chi connectivity index (χ4v) is 3.83. The van der Waals surface area contributed by atoms with E-state index in [0.29, 0.717) is 5.92 Å². The van der Waals surface area contributed by atoms with Crippen LogP contribution in [-0.2, 0) is 9.31 Å². The molecule has 0 atom stereocenters. The second-order valence-electron chi connectivity index (χ2n) is 9.01. The van der Waals surface area contributed by atoms with Crippen LogP contribution in [0.5, 0.6) is 0 Å². The van der Waals surface area contributed by atoms with E-state index in [4.69, 9.17) is 14.3 Å². The number of hydrogen-bond donors (Lipinski definition) is 0. The standard InChI is InChI=1S/C22H26BN3O2/c1-21(2)22(3,4)28-23(27-21)17-12-11-16-14-24-26(19(16)13-17)20-10-6-9-18(25-20)15-7-5-8-15/h6,9-15H,5,7-8H2,1-4H3. The maximum atomic E-state index is 6.23. The zero-order valence-corrected chi connectivity index (χ0v) is 17.0. The summed E-state index contributed by atoms with van der Waals surface area (Å²) in [6.45, 7) is 8.30. The van der Waals surface area contributed by atoms with Crippen molar-refractivity contribution >= 4 is 23.5 Å². The molecule has 1 saturated carbocycles. The number of nitrogens with zero attached hydrogens (tertiary/aromatic N) is 3. The number of fused-ring (bicyclic) bond motifs is 1. The molecular weight excluding hydrogens is 349 g/mol. The summed E-state index contributed by atoms with van der Waals surface area (Å²) in [6, 6.07) is 12.5. The largest absolute Gasteiger partial charge is 0.494 e. The van der Waals surface area contributed by atoms with E-state index in [0.717, 1.165) is 22.2 Å². The van der Waals surface area contributed by atoms with Gasteiger partial charge in [-0.3, -0.25) is 0 Å². The Morgan fingerprint density at radius 2 is 1.79 bits per heavy atom. The van der Waals surface area contributed by atoms with Gasteiger partial charge in [-0.2, -0.15) is 5.10 Å². The molecule has 1 aliphatic carbocycles. The Kier molecular flexibility index (Phi) is 3.94. The van der Waals surface area contributed by atoms with Gasteiger partial charge in [0.1, 0.15) is 0 Å². The first-order valence-corrected chi connectivity index (χ1v) is 10.1. The van der Waals surface area contributed by atoms with Crippen LogP contribution >= 0.6 is 0 Å². The van der Waals surface area contributed by atoms with E-state index in [1.807, 2.05) is 16.9 Å². The topological polar surface area (TPSA) is 49.2 Å². The number of hydrogen-bond acceptors (Lipinski definition) is 4. The predicted octanol–water partition coefficient (Wildman–Crippen LogP) is 3.99. The fourth-order valence-electron chi connectivity index (χ4n) is 3.83. The van der Waals surface area contributed by atoms with Crippen molar-refractivity contribution in [3.63, 3.8) is 0 Å². The molecule has 2 fully saturated rings. The zero-order valence-electron chi connectivity index (χ0n) is 17.0. The van der Waals surface area contributed by atoms with E-state index in [9.17, 15) is 0 Å². The SMILES string of the molecule is CC1(C)OB(c2ccc3cnn(-c4cccc(C5CCC5)n4)c3c2)OC1(C)C. The Morgan fingerprint density at radius 1 is 1.04 bits per heavy atom. The van der Waals surface area contributed by atoms with Gasteiger partial charge in [0, 0.05) is 17.0 Å². The second-order valence-corrected chi connectivity index (χ2v) is 9.01. The highest BCUT2D eigenvalue weighted by Gasteiger charge is 2.51. The summed E-state index contributed by atoms with van der Waals surface area (Å²) in [4.78, 5) is 4.90. The molecule has 28 heavy (non-hydrogen) atoms. The lowest BCUT2D eigenvalue weighted by Gasteiger charge is -2.32. The molecule has 0 radical (unpaired) electrons. The molecule has 1 aliphatic heterocycles. The molecule has 0 bridgehead atoms. The van der Waals surface area contributed by atoms with E-state index in [2.05, 4.69) is 63.1 Å². The predicted molar refractivity (Wildman–Crippen MR) is 111 cm³/mol. The zero-order chi connectivity index (χ0) is 19.5. The van der Waals surface area contributed by atoms with Crippen LogP contribution in [0.3, 0.4) is 0 Å². The third-order valence-corrected chi connectivity index (χ3v) is 6.62. The van der Waals surface area contributed by atoms with Crippen molar-refractivity contribution in [1.82, 2.24) is 14.8 Å². The lowest BCUT2D eigenvalue weighted by molar-refractivity contribution is 0.00578. The third kappa shape index (κ3) is 2.78. The highest BCUT2D eigenvalue weighted by molar-refractivity contribution is 6.62. The van der Waals surface area contributed by atoms with Crippen LogP contribution in [0.25, 0.3) is 16.7 Å². The van der Waals surface area contributed by atoms with Crippen molar-refractivity contribution in [3.8, 4) is 5.82 Å². The quantitative estimate of drug-likeness (QED) is 0.650. The first-order chi connectivity index (χ1) is 13.3.